The number of aromatic amines is 1. The molecular formula is C10H10N4O. The van der Waals surface area contributed by atoms with Crippen molar-refractivity contribution in [2.24, 2.45) is 5.84 Å². The Morgan fingerprint density at radius 2 is 2.00 bits per heavy atom. The van der Waals surface area contributed by atoms with Gasteiger partial charge in [-0.15, -0.1) is 0 Å². The van der Waals surface area contributed by atoms with Gasteiger partial charge >= 0.3 is 0 Å². The minimum absolute atomic E-state index is 0.239. The number of nitrogens with one attached hydrogen (secondary N) is 2. The summed E-state index contributed by atoms with van der Waals surface area (Å²) in [5.41, 5.74) is 3.54. The second kappa shape index (κ2) is 3.93. The number of H-pyrrole nitrogens is 1. The summed E-state index contributed by atoms with van der Waals surface area (Å²) in [5, 5.41) is 0. The van der Waals surface area contributed by atoms with E-state index in [4.69, 9.17) is 5.84 Å². The summed E-state index contributed by atoms with van der Waals surface area (Å²) in [6.07, 6.45) is 0. The fourth-order valence-corrected chi connectivity index (χ4v) is 1.28. The number of nitrogen functional groups attached to an aromatic ring is 1. The molecule has 5 nitrogen and oxygen atoms in total. The predicted octanol–water partition coefficient (Wildman–Crippen LogP) is 0.723. The molecular weight excluding hydrogens is 192 g/mol. The van der Waals surface area contributed by atoms with Gasteiger partial charge in [0.2, 0.25) is 5.95 Å². The quantitative estimate of drug-likeness (QED) is 0.495. The fourth-order valence-electron chi connectivity index (χ4n) is 1.28. The molecule has 0 saturated carbocycles. The second-order valence-electron chi connectivity index (χ2n) is 2.99. The fraction of sp³-hybridized carbons (Fsp3) is 0. The highest BCUT2D eigenvalue weighted by atomic mass is 16.1. The number of hydrogen-bond acceptors (Lipinski definition) is 4. The summed E-state index contributed by atoms with van der Waals surface area (Å²) in [4.78, 5) is 17.8. The van der Waals surface area contributed by atoms with E-state index in [1.807, 2.05) is 30.3 Å². The topological polar surface area (TPSA) is 83.8 Å². The van der Waals surface area contributed by atoms with Crippen molar-refractivity contribution in [2.45, 2.75) is 0 Å². The molecule has 0 aliphatic carbocycles. The number of hydrazine groups is 1. The third-order valence-corrected chi connectivity index (χ3v) is 1.95. The van der Waals surface area contributed by atoms with E-state index in [1.54, 1.807) is 0 Å². The molecule has 0 fully saturated rings. The molecule has 0 spiro atoms. The number of aromatic nitrogens is 2. The molecule has 0 atom stereocenters. The molecule has 5 heteroatoms. The van der Waals surface area contributed by atoms with Gasteiger partial charge in [-0.05, 0) is 0 Å². The number of hydrogen-bond donors (Lipinski definition) is 3. The van der Waals surface area contributed by atoms with Crippen LogP contribution in [0.5, 0.6) is 0 Å². The summed E-state index contributed by atoms with van der Waals surface area (Å²) in [5.74, 6) is 5.43. The second-order valence-corrected chi connectivity index (χ2v) is 2.99. The molecule has 0 radical (unpaired) electrons. The minimum Gasteiger partial charge on any atom is -0.294 e. The Morgan fingerprint density at radius 1 is 1.27 bits per heavy atom. The van der Waals surface area contributed by atoms with E-state index >= 15 is 0 Å². The van der Waals surface area contributed by atoms with E-state index in [0.717, 1.165) is 5.56 Å². The lowest BCUT2D eigenvalue weighted by Crippen LogP contribution is -2.16. The molecule has 0 amide bonds. The van der Waals surface area contributed by atoms with Crippen molar-refractivity contribution in [3.05, 3.63) is 46.8 Å². The highest BCUT2D eigenvalue weighted by Crippen LogP contribution is 2.14. The van der Waals surface area contributed by atoms with Gasteiger partial charge in [0.05, 0.1) is 5.69 Å². The molecule has 2 rings (SSSR count). The lowest BCUT2D eigenvalue weighted by Gasteiger charge is -2.02. The Balaban J connectivity index is 2.54. The zero-order valence-electron chi connectivity index (χ0n) is 7.90. The van der Waals surface area contributed by atoms with Gasteiger partial charge in [-0.3, -0.25) is 15.2 Å². The Hall–Kier alpha value is -2.14. The molecule has 1 heterocycles. The Labute approximate surface area is 85.9 Å². The highest BCUT2D eigenvalue weighted by molar-refractivity contribution is 5.59. The van der Waals surface area contributed by atoms with Gasteiger partial charge in [-0.25, -0.2) is 10.8 Å². The maximum atomic E-state index is 11.3. The maximum Gasteiger partial charge on any atom is 0.252 e. The van der Waals surface area contributed by atoms with Crippen LogP contribution >= 0.6 is 0 Å². The largest absolute Gasteiger partial charge is 0.294 e. The lowest BCUT2D eigenvalue weighted by molar-refractivity contribution is 1.09. The van der Waals surface area contributed by atoms with E-state index in [0.29, 0.717) is 5.69 Å². The number of benzene rings is 1. The molecule has 0 unspecified atom stereocenters. The standard InChI is InChI=1S/C10H10N4O/c11-14-10-12-8(6-9(15)13-10)7-4-2-1-3-5-7/h1-6H,11H2,(H2,12,13,14,15). The van der Waals surface area contributed by atoms with Crippen molar-refractivity contribution in [1.82, 2.24) is 9.97 Å². The number of nitrogens with two attached hydrogens (primary N) is 1. The zero-order valence-corrected chi connectivity index (χ0v) is 7.90. The van der Waals surface area contributed by atoms with E-state index in [1.165, 1.54) is 6.07 Å². The Morgan fingerprint density at radius 3 is 2.67 bits per heavy atom. The number of nitrogens with zero attached hydrogens (tertiary/aromatic N) is 1. The van der Waals surface area contributed by atoms with Crippen LogP contribution < -0.4 is 16.8 Å². The highest BCUT2D eigenvalue weighted by Gasteiger charge is 2.01. The molecule has 15 heavy (non-hydrogen) atoms. The summed E-state index contributed by atoms with van der Waals surface area (Å²) >= 11 is 0. The van der Waals surface area contributed by atoms with Crippen LogP contribution in [0, 0.1) is 0 Å². The third kappa shape index (κ3) is 2.03. The van der Waals surface area contributed by atoms with Crippen LogP contribution in [0.1, 0.15) is 0 Å². The van der Waals surface area contributed by atoms with Crippen LogP contribution in [0.25, 0.3) is 11.3 Å². The number of rotatable bonds is 2. The zero-order chi connectivity index (χ0) is 10.7. The minimum atomic E-state index is -0.239. The van der Waals surface area contributed by atoms with Crippen LogP contribution in [0.2, 0.25) is 0 Å². The van der Waals surface area contributed by atoms with E-state index in [9.17, 15) is 4.79 Å². The van der Waals surface area contributed by atoms with Gasteiger partial charge < -0.3 is 0 Å². The first-order chi connectivity index (χ1) is 7.29. The van der Waals surface area contributed by atoms with Crippen LogP contribution in [-0.2, 0) is 0 Å². The van der Waals surface area contributed by atoms with Gasteiger partial charge in [-0.1, -0.05) is 30.3 Å². The predicted molar refractivity (Wildman–Crippen MR) is 58.1 cm³/mol. The van der Waals surface area contributed by atoms with Crippen LogP contribution in [0.3, 0.4) is 0 Å². The SMILES string of the molecule is NNc1nc(-c2ccccc2)cc(=O)[nH]1. The van der Waals surface area contributed by atoms with Crippen molar-refractivity contribution in [1.29, 1.82) is 0 Å². The normalized spacial score (nSPS) is 9.93. The molecule has 76 valence electrons. The molecule has 0 saturated heterocycles. The van der Waals surface area contributed by atoms with Crippen molar-refractivity contribution in [3.8, 4) is 11.3 Å². The van der Waals surface area contributed by atoms with Crippen LogP contribution in [-0.4, -0.2) is 9.97 Å². The van der Waals surface area contributed by atoms with Crippen molar-refractivity contribution >= 4 is 5.95 Å². The van der Waals surface area contributed by atoms with Gasteiger partial charge in [0.15, 0.2) is 0 Å². The maximum absolute atomic E-state index is 11.3. The molecule has 4 N–H and O–H groups in total. The Kier molecular flexibility index (Phi) is 2.47. The summed E-state index contributed by atoms with van der Waals surface area (Å²) in [6.45, 7) is 0. The van der Waals surface area contributed by atoms with Crippen molar-refractivity contribution < 1.29 is 0 Å². The van der Waals surface area contributed by atoms with Crippen LogP contribution in [0.4, 0.5) is 5.95 Å². The third-order valence-electron chi connectivity index (χ3n) is 1.95. The first-order valence-electron chi connectivity index (χ1n) is 4.43. The molecule has 0 aliphatic heterocycles. The monoisotopic (exact) mass is 202 g/mol. The van der Waals surface area contributed by atoms with Crippen molar-refractivity contribution in [2.75, 3.05) is 5.43 Å². The van der Waals surface area contributed by atoms with Gasteiger partial charge in [0.1, 0.15) is 0 Å². The Bertz CT molecular complexity index is 506. The average molecular weight is 202 g/mol. The molecule has 1 aromatic heterocycles. The summed E-state index contributed by atoms with van der Waals surface area (Å²) in [7, 11) is 0. The average Bonchev–Trinajstić information content (AvgIpc) is 2.29. The number of anilines is 1. The van der Waals surface area contributed by atoms with E-state index in [2.05, 4.69) is 15.4 Å². The first kappa shape index (κ1) is 9.42. The van der Waals surface area contributed by atoms with Gasteiger partial charge in [0.25, 0.3) is 5.56 Å². The van der Waals surface area contributed by atoms with E-state index in [-0.39, 0.29) is 11.5 Å². The summed E-state index contributed by atoms with van der Waals surface area (Å²) < 4.78 is 0. The molecule has 0 aliphatic rings. The summed E-state index contributed by atoms with van der Waals surface area (Å²) in [6, 6.07) is 10.8. The smallest absolute Gasteiger partial charge is 0.252 e. The molecule has 2 aromatic rings. The van der Waals surface area contributed by atoms with Gasteiger partial charge in [0, 0.05) is 11.6 Å². The van der Waals surface area contributed by atoms with Crippen molar-refractivity contribution in [3.63, 3.8) is 0 Å². The lowest BCUT2D eigenvalue weighted by atomic mass is 10.1. The van der Waals surface area contributed by atoms with Gasteiger partial charge in [-0.2, -0.15) is 0 Å². The van der Waals surface area contributed by atoms with E-state index < -0.39 is 0 Å². The molecule has 1 aromatic carbocycles. The first-order valence-corrected chi connectivity index (χ1v) is 4.43. The molecule has 0 bridgehead atoms. The van der Waals surface area contributed by atoms with Crippen LogP contribution in [0.15, 0.2) is 41.2 Å².